The van der Waals surface area contributed by atoms with Crippen molar-refractivity contribution in [3.05, 3.63) is 29.5 Å². The zero-order valence-corrected chi connectivity index (χ0v) is 13.7. The van der Waals surface area contributed by atoms with Gasteiger partial charge in [0.1, 0.15) is 5.75 Å². The Bertz CT molecular complexity index is 774. The van der Waals surface area contributed by atoms with Gasteiger partial charge < -0.3 is 10.2 Å². The molecular weight excluding hydrogens is 314 g/mol. The second-order valence-corrected chi connectivity index (χ2v) is 7.12. The molecule has 1 fully saturated rings. The second-order valence-electron chi connectivity index (χ2n) is 5.90. The number of hydrogen-bond acceptors (Lipinski definition) is 4. The average Bonchev–Trinajstić information content (AvgIpc) is 2.79. The molecule has 0 unspecified atom stereocenters. The van der Waals surface area contributed by atoms with E-state index in [1.165, 1.54) is 6.07 Å². The maximum Gasteiger partial charge on any atom is 0.307 e. The minimum atomic E-state index is -0.947. The largest absolute Gasteiger partial charge is 0.508 e. The molecule has 0 bridgehead atoms. The summed E-state index contributed by atoms with van der Waals surface area (Å²) in [6.45, 7) is 1.78. The van der Waals surface area contributed by atoms with E-state index in [1.54, 1.807) is 23.6 Å². The van der Waals surface area contributed by atoms with Crippen LogP contribution in [0.2, 0.25) is 0 Å². The van der Waals surface area contributed by atoms with Crippen LogP contribution in [0.4, 0.5) is 0 Å². The molecule has 0 radical (unpaired) electrons. The minimum Gasteiger partial charge on any atom is -0.508 e. The first kappa shape index (κ1) is 15.9. The average molecular weight is 333 g/mol. The summed E-state index contributed by atoms with van der Waals surface area (Å²) in [7, 11) is 0. The molecule has 0 saturated carbocycles. The Hall–Kier alpha value is -1.95. The van der Waals surface area contributed by atoms with Crippen molar-refractivity contribution in [3.63, 3.8) is 0 Å². The molecule has 1 aliphatic rings. The fourth-order valence-electron chi connectivity index (χ4n) is 3.26. The molecule has 0 spiro atoms. The number of phenols is 1. The smallest absolute Gasteiger partial charge is 0.307 e. The van der Waals surface area contributed by atoms with Crippen molar-refractivity contribution in [2.24, 2.45) is 5.92 Å². The van der Waals surface area contributed by atoms with E-state index in [-0.39, 0.29) is 24.0 Å². The van der Waals surface area contributed by atoms with E-state index in [0.717, 1.165) is 24.3 Å². The van der Waals surface area contributed by atoms with Gasteiger partial charge in [0.25, 0.3) is 0 Å². The molecule has 0 aliphatic carbocycles. The van der Waals surface area contributed by atoms with Crippen LogP contribution < -0.4 is 0 Å². The summed E-state index contributed by atoms with van der Waals surface area (Å²) in [5, 5.41) is 19.5. The molecule has 6 heteroatoms. The molecule has 0 amide bonds. The molecule has 2 heterocycles. The number of carboxylic acids is 1. The Morgan fingerprint density at radius 2 is 2.00 bits per heavy atom. The number of aromatic nitrogens is 1. The molecule has 1 aromatic carbocycles. The van der Waals surface area contributed by atoms with Gasteiger partial charge in [0, 0.05) is 17.0 Å². The van der Waals surface area contributed by atoms with Crippen LogP contribution in [0.25, 0.3) is 10.9 Å². The molecule has 122 valence electrons. The second kappa shape index (κ2) is 6.28. The summed E-state index contributed by atoms with van der Waals surface area (Å²) >= 11 is 1.86. The highest BCUT2D eigenvalue weighted by atomic mass is 32.2. The summed E-state index contributed by atoms with van der Waals surface area (Å²) in [6, 6.07) is 4.77. The SMILES string of the molecule is Cc1c(CC(=O)O)c2cc(O)ccc2n1C(=O)C1CCSCC1. The zero-order chi connectivity index (χ0) is 16.6. The van der Waals surface area contributed by atoms with Gasteiger partial charge in [0.15, 0.2) is 0 Å². The fraction of sp³-hybridized carbons (Fsp3) is 0.412. The van der Waals surface area contributed by atoms with Gasteiger partial charge in [0.05, 0.1) is 11.9 Å². The third kappa shape index (κ3) is 2.95. The van der Waals surface area contributed by atoms with Gasteiger partial charge in [-0.15, -0.1) is 0 Å². The third-order valence-electron chi connectivity index (χ3n) is 4.44. The van der Waals surface area contributed by atoms with E-state index >= 15 is 0 Å². The van der Waals surface area contributed by atoms with Crippen LogP contribution in [0.1, 0.15) is 28.9 Å². The molecule has 3 rings (SSSR count). The van der Waals surface area contributed by atoms with E-state index in [9.17, 15) is 14.7 Å². The summed E-state index contributed by atoms with van der Waals surface area (Å²) in [4.78, 5) is 24.1. The van der Waals surface area contributed by atoms with Gasteiger partial charge in [-0.25, -0.2) is 0 Å². The van der Waals surface area contributed by atoms with E-state index in [2.05, 4.69) is 0 Å². The van der Waals surface area contributed by atoms with Gasteiger partial charge in [-0.1, -0.05) is 0 Å². The van der Waals surface area contributed by atoms with Gasteiger partial charge in [-0.2, -0.15) is 11.8 Å². The normalized spacial score (nSPS) is 15.9. The first-order valence-electron chi connectivity index (χ1n) is 7.65. The molecule has 5 nitrogen and oxygen atoms in total. The monoisotopic (exact) mass is 333 g/mol. The topological polar surface area (TPSA) is 79.5 Å². The lowest BCUT2D eigenvalue weighted by Gasteiger charge is -2.21. The lowest BCUT2D eigenvalue weighted by Crippen LogP contribution is -2.26. The van der Waals surface area contributed by atoms with E-state index < -0.39 is 5.97 Å². The van der Waals surface area contributed by atoms with Crippen LogP contribution in [0, 0.1) is 12.8 Å². The highest BCUT2D eigenvalue weighted by molar-refractivity contribution is 7.99. The number of carbonyl (C=O) groups excluding carboxylic acids is 1. The molecule has 1 aromatic heterocycles. The molecule has 23 heavy (non-hydrogen) atoms. The highest BCUT2D eigenvalue weighted by Crippen LogP contribution is 2.32. The van der Waals surface area contributed by atoms with Crippen LogP contribution in [0.5, 0.6) is 5.75 Å². The van der Waals surface area contributed by atoms with Gasteiger partial charge >= 0.3 is 5.97 Å². The van der Waals surface area contributed by atoms with Crippen LogP contribution in [0.15, 0.2) is 18.2 Å². The van der Waals surface area contributed by atoms with Crippen molar-refractivity contribution in [2.75, 3.05) is 11.5 Å². The summed E-state index contributed by atoms with van der Waals surface area (Å²) in [5.41, 5.74) is 1.94. The molecule has 1 aliphatic heterocycles. The predicted octanol–water partition coefficient (Wildman–Crippen LogP) is 3.07. The van der Waals surface area contributed by atoms with Crippen LogP contribution in [0.3, 0.4) is 0 Å². The van der Waals surface area contributed by atoms with Crippen LogP contribution in [-0.2, 0) is 11.2 Å². The van der Waals surface area contributed by atoms with Crippen molar-refractivity contribution in [1.82, 2.24) is 4.57 Å². The Morgan fingerprint density at radius 3 is 2.65 bits per heavy atom. The molecule has 1 saturated heterocycles. The number of rotatable bonds is 3. The minimum absolute atomic E-state index is 0.0166. The van der Waals surface area contributed by atoms with E-state index in [0.29, 0.717) is 22.2 Å². The van der Waals surface area contributed by atoms with Crippen molar-refractivity contribution < 1.29 is 19.8 Å². The highest BCUT2D eigenvalue weighted by Gasteiger charge is 2.27. The maximum absolute atomic E-state index is 13.0. The van der Waals surface area contributed by atoms with Crippen molar-refractivity contribution >= 4 is 34.5 Å². The van der Waals surface area contributed by atoms with Gasteiger partial charge in [0.2, 0.25) is 5.91 Å². The predicted molar refractivity (Wildman–Crippen MR) is 90.4 cm³/mol. The number of carboxylic acid groups (broad SMARTS) is 1. The first-order chi connectivity index (χ1) is 11.0. The number of fused-ring (bicyclic) bond motifs is 1. The maximum atomic E-state index is 13.0. The number of aromatic hydroxyl groups is 1. The fourth-order valence-corrected chi connectivity index (χ4v) is 4.36. The molecular formula is C17H19NO4S. The number of phenolic OH excluding ortho intramolecular Hbond substituents is 1. The number of aliphatic carboxylic acids is 1. The zero-order valence-electron chi connectivity index (χ0n) is 12.9. The van der Waals surface area contributed by atoms with Gasteiger partial charge in [-0.3, -0.25) is 14.2 Å². The summed E-state index contributed by atoms with van der Waals surface area (Å²) < 4.78 is 1.65. The number of benzene rings is 1. The Kier molecular flexibility index (Phi) is 4.35. The van der Waals surface area contributed by atoms with Gasteiger partial charge in [-0.05, 0) is 55.0 Å². The molecule has 0 atom stereocenters. The number of hydrogen-bond donors (Lipinski definition) is 2. The standard InChI is InChI=1S/C17H19NO4S/c1-10-13(9-16(20)21)14-8-12(19)2-3-15(14)18(10)17(22)11-4-6-23-7-5-11/h2-3,8,11,19H,4-7,9H2,1H3,(H,20,21). The van der Waals surface area contributed by atoms with Crippen LogP contribution >= 0.6 is 11.8 Å². The summed E-state index contributed by atoms with van der Waals surface area (Å²) in [5.74, 6) is 1.11. The quantitative estimate of drug-likeness (QED) is 0.902. The van der Waals surface area contributed by atoms with Crippen LogP contribution in [-0.4, -0.2) is 38.2 Å². The van der Waals surface area contributed by atoms with Crippen molar-refractivity contribution in [2.45, 2.75) is 26.2 Å². The lowest BCUT2D eigenvalue weighted by atomic mass is 10.0. The first-order valence-corrected chi connectivity index (χ1v) is 8.81. The number of nitrogens with zero attached hydrogens (tertiary/aromatic N) is 1. The summed E-state index contributed by atoms with van der Waals surface area (Å²) in [6.07, 6.45) is 1.55. The third-order valence-corrected chi connectivity index (χ3v) is 5.49. The number of thioether (sulfide) groups is 1. The molecule has 2 N–H and O–H groups in total. The van der Waals surface area contributed by atoms with E-state index in [4.69, 9.17) is 5.11 Å². The lowest BCUT2D eigenvalue weighted by molar-refractivity contribution is -0.136. The van der Waals surface area contributed by atoms with Crippen molar-refractivity contribution in [1.29, 1.82) is 0 Å². The van der Waals surface area contributed by atoms with Crippen molar-refractivity contribution in [3.8, 4) is 5.75 Å². The Labute approximate surface area is 138 Å². The Balaban J connectivity index is 2.14. The molecule has 2 aromatic rings. The number of carbonyl (C=O) groups is 2. The Morgan fingerprint density at radius 1 is 1.30 bits per heavy atom. The van der Waals surface area contributed by atoms with E-state index in [1.807, 2.05) is 11.8 Å².